The van der Waals surface area contributed by atoms with Crippen LogP contribution in [0.15, 0.2) is 54.6 Å². The third-order valence-electron chi connectivity index (χ3n) is 4.92. The highest BCUT2D eigenvalue weighted by molar-refractivity contribution is 5.87. The van der Waals surface area contributed by atoms with Crippen LogP contribution in [0.4, 0.5) is 0 Å². The predicted molar refractivity (Wildman–Crippen MR) is 118 cm³/mol. The van der Waals surface area contributed by atoms with Gasteiger partial charge in [-0.3, -0.25) is 9.59 Å². The van der Waals surface area contributed by atoms with Crippen LogP contribution in [0.2, 0.25) is 0 Å². The molecule has 1 atom stereocenters. The Morgan fingerprint density at radius 2 is 1.52 bits per heavy atom. The van der Waals surface area contributed by atoms with Gasteiger partial charge in [-0.05, 0) is 57.2 Å². The number of amides is 2. The van der Waals surface area contributed by atoms with Crippen molar-refractivity contribution >= 4 is 11.8 Å². The van der Waals surface area contributed by atoms with Gasteiger partial charge >= 0.3 is 0 Å². The maximum Gasteiger partial charge on any atom is 0.242 e. The Morgan fingerprint density at radius 1 is 0.931 bits per heavy atom. The molecule has 4 heteroatoms. The second-order valence-corrected chi connectivity index (χ2v) is 8.59. The van der Waals surface area contributed by atoms with Gasteiger partial charge in [0.1, 0.15) is 6.04 Å². The van der Waals surface area contributed by atoms with Gasteiger partial charge in [0.2, 0.25) is 11.8 Å². The molecule has 0 heterocycles. The van der Waals surface area contributed by atoms with Gasteiger partial charge < -0.3 is 10.2 Å². The van der Waals surface area contributed by atoms with Crippen LogP contribution < -0.4 is 5.32 Å². The van der Waals surface area contributed by atoms with E-state index in [1.165, 1.54) is 5.56 Å². The molecule has 0 aromatic heterocycles. The molecule has 0 radical (unpaired) electrons. The maximum absolute atomic E-state index is 13.1. The second-order valence-electron chi connectivity index (χ2n) is 8.59. The van der Waals surface area contributed by atoms with Gasteiger partial charge in [0.25, 0.3) is 0 Å². The van der Waals surface area contributed by atoms with Crippen LogP contribution in [-0.4, -0.2) is 28.3 Å². The van der Waals surface area contributed by atoms with Crippen LogP contribution in [-0.2, 0) is 29.0 Å². The number of rotatable bonds is 8. The number of hydrogen-bond acceptors (Lipinski definition) is 2. The lowest BCUT2D eigenvalue weighted by atomic mass is 10.0. The van der Waals surface area contributed by atoms with E-state index in [0.717, 1.165) is 17.5 Å². The number of nitrogens with one attached hydrogen (secondary N) is 1. The molecule has 1 N–H and O–H groups in total. The van der Waals surface area contributed by atoms with Gasteiger partial charge in [0.05, 0.1) is 0 Å². The Balaban J connectivity index is 2.11. The maximum atomic E-state index is 13.1. The van der Waals surface area contributed by atoms with Crippen molar-refractivity contribution in [3.8, 4) is 0 Å². The van der Waals surface area contributed by atoms with E-state index in [1.54, 1.807) is 11.8 Å². The van der Waals surface area contributed by atoms with Crippen molar-refractivity contribution in [1.29, 1.82) is 0 Å². The van der Waals surface area contributed by atoms with Crippen molar-refractivity contribution in [2.45, 2.75) is 72.0 Å². The molecule has 0 bridgehead atoms. The summed E-state index contributed by atoms with van der Waals surface area (Å²) in [6.45, 7) is 10.2. The van der Waals surface area contributed by atoms with Crippen LogP contribution in [0.25, 0.3) is 0 Å². The fraction of sp³-hybridized carbons (Fsp3) is 0.440. The monoisotopic (exact) mass is 394 g/mol. The first-order valence-electron chi connectivity index (χ1n) is 10.4. The average Bonchev–Trinajstić information content (AvgIpc) is 2.69. The highest BCUT2D eigenvalue weighted by Gasteiger charge is 2.28. The molecule has 4 nitrogen and oxygen atoms in total. The lowest BCUT2D eigenvalue weighted by Gasteiger charge is -2.31. The lowest BCUT2D eigenvalue weighted by Crippen LogP contribution is -2.52. The van der Waals surface area contributed by atoms with E-state index < -0.39 is 6.04 Å². The lowest BCUT2D eigenvalue weighted by molar-refractivity contribution is -0.141. The summed E-state index contributed by atoms with van der Waals surface area (Å²) in [5, 5.41) is 2.99. The van der Waals surface area contributed by atoms with Crippen LogP contribution in [0.3, 0.4) is 0 Å². The molecule has 1 unspecified atom stereocenters. The summed E-state index contributed by atoms with van der Waals surface area (Å²) in [5.74, 6) is -0.140. The molecule has 0 saturated carbocycles. The first-order chi connectivity index (χ1) is 13.7. The highest BCUT2D eigenvalue weighted by Crippen LogP contribution is 2.14. The van der Waals surface area contributed by atoms with Gasteiger partial charge in [-0.2, -0.15) is 0 Å². The van der Waals surface area contributed by atoms with E-state index in [9.17, 15) is 9.59 Å². The summed E-state index contributed by atoms with van der Waals surface area (Å²) in [5.41, 5.74) is 3.11. The third-order valence-corrected chi connectivity index (χ3v) is 4.92. The van der Waals surface area contributed by atoms with Crippen molar-refractivity contribution < 1.29 is 9.59 Å². The third kappa shape index (κ3) is 7.37. The standard InChI is InChI=1S/C25H34N2O2/c1-6-20-12-14-21(15-13-20)16-17-23(28)27(18-22-10-8-7-9-11-22)19(2)24(29)26-25(3,4)5/h7-15,19H,6,16-18H2,1-5H3,(H,26,29). The number of carbonyl (C=O) groups excluding carboxylic acids is 2. The molecule has 0 saturated heterocycles. The van der Waals surface area contributed by atoms with Crippen molar-refractivity contribution in [2.24, 2.45) is 0 Å². The van der Waals surface area contributed by atoms with Crippen molar-refractivity contribution in [2.75, 3.05) is 0 Å². The Kier molecular flexibility index (Phi) is 8.00. The molecule has 2 aromatic rings. The number of hydrogen-bond donors (Lipinski definition) is 1. The summed E-state index contributed by atoms with van der Waals surface area (Å²) in [6.07, 6.45) is 2.05. The summed E-state index contributed by atoms with van der Waals surface area (Å²) in [7, 11) is 0. The van der Waals surface area contributed by atoms with Crippen LogP contribution in [0.5, 0.6) is 0 Å². The minimum atomic E-state index is -0.538. The van der Waals surface area contributed by atoms with Gasteiger partial charge in [-0.1, -0.05) is 61.5 Å². The van der Waals surface area contributed by atoms with E-state index in [2.05, 4.69) is 36.5 Å². The molecule has 0 aliphatic rings. The second kappa shape index (κ2) is 10.2. The molecule has 0 fully saturated rings. The van der Waals surface area contributed by atoms with Crippen molar-refractivity contribution in [1.82, 2.24) is 10.2 Å². The Labute approximate surface area is 175 Å². The highest BCUT2D eigenvalue weighted by atomic mass is 16.2. The zero-order valence-electron chi connectivity index (χ0n) is 18.4. The Hall–Kier alpha value is -2.62. The van der Waals surface area contributed by atoms with Gasteiger partial charge in [-0.25, -0.2) is 0 Å². The molecule has 2 amide bonds. The smallest absolute Gasteiger partial charge is 0.242 e. The number of carbonyl (C=O) groups is 2. The Morgan fingerprint density at radius 3 is 2.07 bits per heavy atom. The first-order valence-corrected chi connectivity index (χ1v) is 10.4. The van der Waals surface area contributed by atoms with Crippen molar-refractivity contribution in [3.05, 3.63) is 71.3 Å². The number of benzene rings is 2. The molecular weight excluding hydrogens is 360 g/mol. The molecule has 156 valence electrons. The van der Waals surface area contributed by atoms with E-state index in [1.807, 2.05) is 51.1 Å². The zero-order chi connectivity index (χ0) is 21.4. The fourth-order valence-electron chi connectivity index (χ4n) is 3.17. The van der Waals surface area contributed by atoms with Crippen LogP contribution >= 0.6 is 0 Å². The molecule has 2 aromatic carbocycles. The van der Waals surface area contributed by atoms with E-state index in [0.29, 0.717) is 19.4 Å². The number of aryl methyl sites for hydroxylation is 2. The zero-order valence-corrected chi connectivity index (χ0v) is 18.4. The summed E-state index contributed by atoms with van der Waals surface area (Å²) < 4.78 is 0. The Bertz CT molecular complexity index is 792. The predicted octanol–water partition coefficient (Wildman–Crippen LogP) is 4.51. The molecule has 0 spiro atoms. The SMILES string of the molecule is CCc1ccc(CCC(=O)N(Cc2ccccc2)C(C)C(=O)NC(C)(C)C)cc1. The van der Waals surface area contributed by atoms with Crippen LogP contribution in [0.1, 0.15) is 57.7 Å². The minimum absolute atomic E-state index is 0.00928. The fourth-order valence-corrected chi connectivity index (χ4v) is 3.17. The molecular formula is C25H34N2O2. The van der Waals surface area contributed by atoms with E-state index in [4.69, 9.17) is 0 Å². The molecule has 29 heavy (non-hydrogen) atoms. The van der Waals surface area contributed by atoms with Gasteiger partial charge in [-0.15, -0.1) is 0 Å². The largest absolute Gasteiger partial charge is 0.350 e. The van der Waals surface area contributed by atoms with Crippen LogP contribution in [0, 0.1) is 0 Å². The van der Waals surface area contributed by atoms with Gasteiger partial charge in [0, 0.05) is 18.5 Å². The van der Waals surface area contributed by atoms with Crippen molar-refractivity contribution in [3.63, 3.8) is 0 Å². The average molecular weight is 395 g/mol. The quantitative estimate of drug-likeness (QED) is 0.716. The minimum Gasteiger partial charge on any atom is -0.350 e. The van der Waals surface area contributed by atoms with Gasteiger partial charge in [0.15, 0.2) is 0 Å². The van der Waals surface area contributed by atoms with E-state index >= 15 is 0 Å². The summed E-state index contributed by atoms with van der Waals surface area (Å²) in [6, 6.07) is 17.7. The normalized spacial score (nSPS) is 12.3. The summed E-state index contributed by atoms with van der Waals surface area (Å²) >= 11 is 0. The molecule has 0 aliphatic carbocycles. The topological polar surface area (TPSA) is 49.4 Å². The summed E-state index contributed by atoms with van der Waals surface area (Å²) in [4.78, 5) is 27.5. The number of nitrogens with zero attached hydrogens (tertiary/aromatic N) is 1. The first kappa shape index (κ1) is 22.7. The van der Waals surface area contributed by atoms with E-state index in [-0.39, 0.29) is 17.4 Å². The molecule has 2 rings (SSSR count). The molecule has 0 aliphatic heterocycles.